The number of nitrogens with zero attached hydrogens (tertiary/aromatic N) is 2. The van der Waals surface area contributed by atoms with E-state index in [0.717, 1.165) is 16.6 Å². The topological polar surface area (TPSA) is 28.7 Å². The van der Waals surface area contributed by atoms with Crippen LogP contribution in [0.3, 0.4) is 0 Å². The highest BCUT2D eigenvalue weighted by molar-refractivity contribution is 5.81. The molecule has 0 saturated heterocycles. The molecule has 12 heavy (non-hydrogen) atoms. The maximum atomic E-state index is 8.82. The van der Waals surface area contributed by atoms with Gasteiger partial charge in [0, 0.05) is 11.1 Å². The molecule has 2 rings (SSSR count). The SMILES string of the molecule is Cc1cc2ccccc2n1C#N. The van der Waals surface area contributed by atoms with Gasteiger partial charge in [-0.2, -0.15) is 5.26 Å². The molecule has 0 amide bonds. The molecule has 0 aliphatic heterocycles. The minimum absolute atomic E-state index is 0.984. The van der Waals surface area contributed by atoms with Crippen molar-refractivity contribution in [2.75, 3.05) is 0 Å². The summed E-state index contributed by atoms with van der Waals surface area (Å²) in [5.74, 6) is 0. The van der Waals surface area contributed by atoms with Crippen LogP contribution in [-0.4, -0.2) is 4.57 Å². The summed E-state index contributed by atoms with van der Waals surface area (Å²) in [6.45, 7) is 1.93. The molecule has 0 fully saturated rings. The monoisotopic (exact) mass is 156 g/mol. The first-order valence-electron chi connectivity index (χ1n) is 3.80. The first kappa shape index (κ1) is 6.93. The lowest BCUT2D eigenvalue weighted by Crippen LogP contribution is -1.88. The third kappa shape index (κ3) is 0.802. The van der Waals surface area contributed by atoms with E-state index in [0.29, 0.717) is 0 Å². The van der Waals surface area contributed by atoms with Crippen LogP contribution in [0, 0.1) is 18.4 Å². The lowest BCUT2D eigenvalue weighted by atomic mass is 10.2. The average molecular weight is 156 g/mol. The molecule has 0 spiro atoms. The summed E-state index contributed by atoms with van der Waals surface area (Å²) in [5, 5.41) is 9.94. The number of rotatable bonds is 0. The Kier molecular flexibility index (Phi) is 1.38. The predicted molar refractivity (Wildman–Crippen MR) is 47.7 cm³/mol. The van der Waals surface area contributed by atoms with Gasteiger partial charge in [-0.05, 0) is 19.1 Å². The zero-order chi connectivity index (χ0) is 8.55. The number of aromatic nitrogens is 1. The van der Waals surface area contributed by atoms with Crippen LogP contribution >= 0.6 is 0 Å². The predicted octanol–water partition coefficient (Wildman–Crippen LogP) is 2.28. The molecule has 0 aliphatic rings. The fourth-order valence-electron chi connectivity index (χ4n) is 1.43. The van der Waals surface area contributed by atoms with Crippen LogP contribution in [0.4, 0.5) is 0 Å². The van der Waals surface area contributed by atoms with Crippen molar-refractivity contribution in [2.24, 2.45) is 0 Å². The van der Waals surface area contributed by atoms with Gasteiger partial charge in [-0.1, -0.05) is 18.2 Å². The lowest BCUT2D eigenvalue weighted by Gasteiger charge is -1.92. The van der Waals surface area contributed by atoms with Crippen molar-refractivity contribution in [2.45, 2.75) is 6.92 Å². The zero-order valence-electron chi connectivity index (χ0n) is 6.78. The van der Waals surface area contributed by atoms with Gasteiger partial charge in [-0.15, -0.1) is 0 Å². The van der Waals surface area contributed by atoms with Gasteiger partial charge in [0.25, 0.3) is 0 Å². The van der Waals surface area contributed by atoms with Crippen molar-refractivity contribution in [1.82, 2.24) is 4.57 Å². The third-order valence-electron chi connectivity index (χ3n) is 1.99. The molecule has 0 N–H and O–H groups in total. The number of benzene rings is 1. The molecule has 1 aromatic carbocycles. The van der Waals surface area contributed by atoms with E-state index >= 15 is 0 Å². The standard InChI is InChI=1S/C10H8N2/c1-8-6-9-4-2-3-5-10(9)12(8)7-11/h2-6H,1H3. The molecule has 1 aromatic heterocycles. The van der Waals surface area contributed by atoms with Gasteiger partial charge in [0.2, 0.25) is 0 Å². The minimum atomic E-state index is 0.984. The number of hydrogen-bond acceptors (Lipinski definition) is 1. The Balaban J connectivity index is 2.93. The fraction of sp³-hybridized carbons (Fsp3) is 0.100. The molecule has 1 heterocycles. The van der Waals surface area contributed by atoms with Crippen molar-refractivity contribution >= 4 is 10.9 Å². The summed E-state index contributed by atoms with van der Waals surface area (Å²) in [6, 6.07) is 9.89. The van der Waals surface area contributed by atoms with Gasteiger partial charge in [-0.25, -0.2) is 0 Å². The Labute approximate surface area is 70.7 Å². The van der Waals surface area contributed by atoms with Gasteiger partial charge in [0.05, 0.1) is 5.52 Å². The summed E-state index contributed by atoms with van der Waals surface area (Å²) >= 11 is 0. The Hall–Kier alpha value is -1.75. The average Bonchev–Trinajstić information content (AvgIpc) is 2.40. The van der Waals surface area contributed by atoms with Crippen LogP contribution < -0.4 is 0 Å². The zero-order valence-corrected chi connectivity index (χ0v) is 6.78. The van der Waals surface area contributed by atoms with Crippen LogP contribution in [-0.2, 0) is 0 Å². The molecule has 58 valence electrons. The van der Waals surface area contributed by atoms with E-state index in [-0.39, 0.29) is 0 Å². The largest absolute Gasteiger partial charge is 0.252 e. The van der Waals surface area contributed by atoms with Crippen molar-refractivity contribution in [3.8, 4) is 6.19 Å². The van der Waals surface area contributed by atoms with E-state index in [9.17, 15) is 0 Å². The second-order valence-corrected chi connectivity index (χ2v) is 2.78. The maximum Gasteiger partial charge on any atom is 0.189 e. The summed E-state index contributed by atoms with van der Waals surface area (Å²) in [6.07, 6.45) is 2.13. The fourth-order valence-corrected chi connectivity index (χ4v) is 1.43. The highest BCUT2D eigenvalue weighted by atomic mass is 15.0. The molecule has 2 aromatic rings. The molecule has 0 atom stereocenters. The molecule has 0 radical (unpaired) electrons. The van der Waals surface area contributed by atoms with Gasteiger partial charge < -0.3 is 0 Å². The second kappa shape index (κ2) is 2.38. The number of nitriles is 1. The van der Waals surface area contributed by atoms with E-state index in [1.165, 1.54) is 0 Å². The molecule has 2 nitrogen and oxygen atoms in total. The lowest BCUT2D eigenvalue weighted by molar-refractivity contribution is 1.07. The van der Waals surface area contributed by atoms with E-state index < -0.39 is 0 Å². The molecular formula is C10H8N2. The van der Waals surface area contributed by atoms with Crippen molar-refractivity contribution in [3.05, 3.63) is 36.0 Å². The highest BCUT2D eigenvalue weighted by Gasteiger charge is 2.01. The highest BCUT2D eigenvalue weighted by Crippen LogP contribution is 2.17. The van der Waals surface area contributed by atoms with E-state index in [2.05, 4.69) is 6.19 Å². The molecular weight excluding hydrogens is 148 g/mol. The van der Waals surface area contributed by atoms with Crippen LogP contribution in [0.25, 0.3) is 10.9 Å². The summed E-state index contributed by atoms with van der Waals surface area (Å²) < 4.78 is 1.63. The Bertz CT molecular complexity index is 460. The Morgan fingerprint density at radius 2 is 2.08 bits per heavy atom. The smallest absolute Gasteiger partial charge is 0.189 e. The summed E-state index contributed by atoms with van der Waals surface area (Å²) in [7, 11) is 0. The molecule has 0 saturated carbocycles. The van der Waals surface area contributed by atoms with Crippen LogP contribution in [0.2, 0.25) is 0 Å². The number of para-hydroxylation sites is 1. The maximum absolute atomic E-state index is 8.82. The summed E-state index contributed by atoms with van der Waals surface area (Å²) in [4.78, 5) is 0. The number of aryl methyl sites for hydroxylation is 1. The normalized spacial score (nSPS) is 10.0. The summed E-state index contributed by atoms with van der Waals surface area (Å²) in [5.41, 5.74) is 1.97. The van der Waals surface area contributed by atoms with E-state index in [4.69, 9.17) is 5.26 Å². The van der Waals surface area contributed by atoms with E-state index in [1.807, 2.05) is 37.3 Å². The van der Waals surface area contributed by atoms with Gasteiger partial charge >= 0.3 is 0 Å². The molecule has 0 unspecified atom stereocenters. The number of hydrogen-bond donors (Lipinski definition) is 0. The van der Waals surface area contributed by atoms with Crippen LogP contribution in [0.1, 0.15) is 5.69 Å². The first-order chi connectivity index (χ1) is 5.83. The van der Waals surface area contributed by atoms with E-state index in [1.54, 1.807) is 4.57 Å². The molecule has 0 bridgehead atoms. The van der Waals surface area contributed by atoms with Crippen LogP contribution in [0.15, 0.2) is 30.3 Å². The van der Waals surface area contributed by atoms with Crippen molar-refractivity contribution in [3.63, 3.8) is 0 Å². The minimum Gasteiger partial charge on any atom is -0.252 e. The second-order valence-electron chi connectivity index (χ2n) is 2.78. The van der Waals surface area contributed by atoms with Crippen LogP contribution in [0.5, 0.6) is 0 Å². The Morgan fingerprint density at radius 1 is 1.33 bits per heavy atom. The van der Waals surface area contributed by atoms with Crippen molar-refractivity contribution < 1.29 is 0 Å². The van der Waals surface area contributed by atoms with Crippen molar-refractivity contribution in [1.29, 1.82) is 5.26 Å². The number of fused-ring (bicyclic) bond motifs is 1. The molecule has 0 aliphatic carbocycles. The van der Waals surface area contributed by atoms with Gasteiger partial charge in [0.1, 0.15) is 0 Å². The molecule has 2 heteroatoms. The quantitative estimate of drug-likeness (QED) is 0.575. The first-order valence-corrected chi connectivity index (χ1v) is 3.80. The van der Waals surface area contributed by atoms with Gasteiger partial charge in [-0.3, -0.25) is 4.57 Å². The third-order valence-corrected chi connectivity index (χ3v) is 1.99. The van der Waals surface area contributed by atoms with Gasteiger partial charge in [0.15, 0.2) is 6.19 Å². The Morgan fingerprint density at radius 3 is 2.83 bits per heavy atom.